The van der Waals surface area contributed by atoms with Crippen molar-refractivity contribution >= 4 is 11.7 Å². The molecule has 4 N–H and O–H groups in total. The molecule has 0 amide bonds. The van der Waals surface area contributed by atoms with Gasteiger partial charge >= 0.3 is 5.97 Å². The van der Waals surface area contributed by atoms with Crippen molar-refractivity contribution in [2.75, 3.05) is 31.9 Å². The monoisotopic (exact) mass is 474 g/mol. The number of anilines is 1. The highest BCUT2D eigenvalue weighted by atomic mass is 16.6. The van der Waals surface area contributed by atoms with Crippen molar-refractivity contribution in [3.63, 3.8) is 0 Å². The van der Waals surface area contributed by atoms with E-state index in [1.807, 2.05) is 0 Å². The molecule has 0 saturated carbocycles. The van der Waals surface area contributed by atoms with Gasteiger partial charge in [0.1, 0.15) is 0 Å². The summed E-state index contributed by atoms with van der Waals surface area (Å²) in [6.45, 7) is 14.4. The minimum absolute atomic E-state index is 0.302. The van der Waals surface area contributed by atoms with Gasteiger partial charge in [-0.15, -0.1) is 0 Å². The minimum atomic E-state index is -0.395. The Balaban J connectivity index is 2.30. The van der Waals surface area contributed by atoms with E-state index in [1.54, 1.807) is 24.3 Å². The van der Waals surface area contributed by atoms with E-state index >= 15 is 0 Å². The van der Waals surface area contributed by atoms with Crippen molar-refractivity contribution in [3.8, 4) is 0 Å². The fraction of sp³-hybridized carbons (Fsp3) is 0.750. The van der Waals surface area contributed by atoms with E-state index < -0.39 is 6.35 Å². The van der Waals surface area contributed by atoms with Crippen molar-refractivity contribution in [3.05, 3.63) is 29.8 Å². The maximum atomic E-state index is 13.2. The Bertz CT molecular complexity index is 692. The first kappa shape index (κ1) is 28.6. The highest BCUT2D eigenvalue weighted by molar-refractivity contribution is 5.89. The Kier molecular flexibility index (Phi) is 11.8. The van der Waals surface area contributed by atoms with Crippen molar-refractivity contribution in [2.45, 2.75) is 97.9 Å². The standard InChI is InChI=1S/C28H50N4O2/c1-6-10-12-22(8-3)18-31-20-28(5,30)21-32(19-23(9-4)13-11-7-2)27(31)34-26(33)24-14-16-25(29)17-15-24/h14-17,22-23,27H,6-13,18-21,29-30H2,1-5H3. The number of benzene rings is 1. The van der Waals surface area contributed by atoms with Crippen molar-refractivity contribution in [1.82, 2.24) is 9.80 Å². The minimum Gasteiger partial charge on any atom is -0.429 e. The maximum absolute atomic E-state index is 13.2. The molecule has 1 aliphatic rings. The SMILES string of the molecule is CCCCC(CC)CN1CC(C)(N)CN(CC(CC)CCCC)C1OC(=O)c1ccc(N)cc1. The van der Waals surface area contributed by atoms with Crippen LogP contribution in [0.25, 0.3) is 0 Å². The van der Waals surface area contributed by atoms with Crippen molar-refractivity contribution in [2.24, 2.45) is 17.6 Å². The molecule has 6 nitrogen and oxygen atoms in total. The molecule has 0 aliphatic carbocycles. The zero-order chi connectivity index (χ0) is 25.1. The van der Waals surface area contributed by atoms with E-state index in [0.29, 0.717) is 23.1 Å². The number of unbranched alkanes of at least 4 members (excludes halogenated alkanes) is 2. The molecule has 0 bridgehead atoms. The summed E-state index contributed by atoms with van der Waals surface area (Å²) in [6, 6.07) is 6.99. The van der Waals surface area contributed by atoms with Crippen LogP contribution in [0.5, 0.6) is 0 Å². The number of rotatable bonds is 14. The molecule has 1 saturated heterocycles. The highest BCUT2D eigenvalue weighted by Crippen LogP contribution is 2.28. The summed E-state index contributed by atoms with van der Waals surface area (Å²) in [5, 5.41) is 0. The van der Waals surface area contributed by atoms with Crippen LogP contribution in [-0.2, 0) is 4.74 Å². The number of carbonyl (C=O) groups excluding carboxylic acids is 1. The summed E-state index contributed by atoms with van der Waals surface area (Å²) < 4.78 is 6.25. The Labute approximate surface area is 208 Å². The van der Waals surface area contributed by atoms with E-state index in [2.05, 4.69) is 44.4 Å². The van der Waals surface area contributed by atoms with Gasteiger partial charge in [-0.2, -0.15) is 0 Å². The van der Waals surface area contributed by atoms with Gasteiger partial charge in [-0.3, -0.25) is 9.80 Å². The molecule has 0 spiro atoms. The Hall–Kier alpha value is -1.63. The molecule has 1 aromatic rings. The number of esters is 1. The van der Waals surface area contributed by atoms with Crippen LogP contribution in [0.1, 0.15) is 96.3 Å². The van der Waals surface area contributed by atoms with Crippen LogP contribution in [0.4, 0.5) is 5.69 Å². The lowest BCUT2D eigenvalue weighted by molar-refractivity contribution is -0.165. The smallest absolute Gasteiger partial charge is 0.340 e. The molecular formula is C28H50N4O2. The van der Waals surface area contributed by atoms with Crippen LogP contribution < -0.4 is 11.5 Å². The number of ether oxygens (including phenoxy) is 1. The topological polar surface area (TPSA) is 84.8 Å². The molecule has 0 aromatic heterocycles. The summed E-state index contributed by atoms with van der Waals surface area (Å²) in [5.41, 5.74) is 13.4. The molecule has 1 aromatic carbocycles. The first-order valence-corrected chi connectivity index (χ1v) is 13.6. The average Bonchev–Trinajstić information content (AvgIpc) is 2.81. The Morgan fingerprint density at radius 3 is 1.85 bits per heavy atom. The fourth-order valence-electron chi connectivity index (χ4n) is 5.10. The van der Waals surface area contributed by atoms with Gasteiger partial charge in [0.05, 0.1) is 5.56 Å². The third kappa shape index (κ3) is 8.86. The lowest BCUT2D eigenvalue weighted by atomic mass is 9.93. The van der Waals surface area contributed by atoms with Crippen LogP contribution in [0.2, 0.25) is 0 Å². The first-order valence-electron chi connectivity index (χ1n) is 13.6. The van der Waals surface area contributed by atoms with Gasteiger partial charge in [0.2, 0.25) is 6.35 Å². The number of nitrogens with two attached hydrogens (primary N) is 2. The number of carbonyl (C=O) groups is 1. The van der Waals surface area contributed by atoms with Crippen LogP contribution in [0.3, 0.4) is 0 Å². The molecule has 1 fully saturated rings. The van der Waals surface area contributed by atoms with Gasteiger partial charge < -0.3 is 16.2 Å². The second kappa shape index (κ2) is 14.1. The van der Waals surface area contributed by atoms with Gasteiger partial charge in [-0.1, -0.05) is 66.2 Å². The molecule has 2 rings (SSSR count). The second-order valence-electron chi connectivity index (χ2n) is 10.7. The number of nitrogen functional groups attached to an aromatic ring is 1. The third-order valence-electron chi connectivity index (χ3n) is 7.18. The van der Waals surface area contributed by atoms with Crippen LogP contribution in [0.15, 0.2) is 24.3 Å². The van der Waals surface area contributed by atoms with Crippen molar-refractivity contribution in [1.29, 1.82) is 0 Å². The number of hydrogen-bond acceptors (Lipinski definition) is 6. The van der Waals surface area contributed by atoms with Crippen LogP contribution >= 0.6 is 0 Å². The second-order valence-corrected chi connectivity index (χ2v) is 10.7. The van der Waals surface area contributed by atoms with Crippen LogP contribution in [-0.4, -0.2) is 53.8 Å². The summed E-state index contributed by atoms with van der Waals surface area (Å²) in [7, 11) is 0. The summed E-state index contributed by atoms with van der Waals surface area (Å²) in [6.07, 6.45) is 9.06. The van der Waals surface area contributed by atoms with Gasteiger partial charge in [-0.25, -0.2) is 4.79 Å². The summed E-state index contributed by atoms with van der Waals surface area (Å²) in [5.74, 6) is 0.829. The zero-order valence-electron chi connectivity index (χ0n) is 22.4. The van der Waals surface area contributed by atoms with Crippen molar-refractivity contribution < 1.29 is 9.53 Å². The molecule has 1 aliphatic heterocycles. The molecule has 6 heteroatoms. The van der Waals surface area contributed by atoms with Gasteiger partial charge in [0.15, 0.2) is 0 Å². The van der Waals surface area contributed by atoms with Crippen LogP contribution in [0, 0.1) is 11.8 Å². The van der Waals surface area contributed by atoms with E-state index in [1.165, 1.54) is 38.5 Å². The average molecular weight is 475 g/mol. The van der Waals surface area contributed by atoms with E-state index in [0.717, 1.165) is 39.0 Å². The van der Waals surface area contributed by atoms with Gasteiger partial charge in [0, 0.05) is 37.4 Å². The molecule has 2 atom stereocenters. The fourth-order valence-corrected chi connectivity index (χ4v) is 5.10. The first-order chi connectivity index (χ1) is 16.2. The maximum Gasteiger partial charge on any atom is 0.340 e. The normalized spacial score (nSPS) is 23.5. The molecule has 34 heavy (non-hydrogen) atoms. The molecule has 194 valence electrons. The molecule has 0 radical (unpaired) electrons. The number of nitrogens with zero attached hydrogens (tertiary/aromatic N) is 2. The van der Waals surface area contributed by atoms with E-state index in [4.69, 9.17) is 16.2 Å². The highest BCUT2D eigenvalue weighted by Gasteiger charge is 2.42. The van der Waals surface area contributed by atoms with E-state index in [9.17, 15) is 4.79 Å². The Morgan fingerprint density at radius 1 is 0.971 bits per heavy atom. The predicted molar refractivity (Wildman–Crippen MR) is 142 cm³/mol. The quantitative estimate of drug-likeness (QED) is 0.274. The lowest BCUT2D eigenvalue weighted by Gasteiger charge is -2.50. The Morgan fingerprint density at radius 2 is 1.44 bits per heavy atom. The molecule has 2 unspecified atom stereocenters. The third-order valence-corrected chi connectivity index (χ3v) is 7.18. The van der Waals surface area contributed by atoms with Gasteiger partial charge in [0.25, 0.3) is 0 Å². The lowest BCUT2D eigenvalue weighted by Crippen LogP contribution is -2.68. The van der Waals surface area contributed by atoms with E-state index in [-0.39, 0.29) is 11.5 Å². The largest absolute Gasteiger partial charge is 0.429 e. The summed E-state index contributed by atoms with van der Waals surface area (Å²) >= 11 is 0. The van der Waals surface area contributed by atoms with Gasteiger partial charge in [-0.05, 0) is 55.9 Å². The molecule has 1 heterocycles. The predicted octanol–water partition coefficient (Wildman–Crippen LogP) is 5.48. The number of hydrogen-bond donors (Lipinski definition) is 2. The summed E-state index contributed by atoms with van der Waals surface area (Å²) in [4.78, 5) is 17.8. The molecular weight excluding hydrogens is 424 g/mol. The zero-order valence-corrected chi connectivity index (χ0v) is 22.4.